The zero-order valence-electron chi connectivity index (χ0n) is 20.5. The standard InChI is InChI=1S/C29H28F3NO4/c1-3-16-33-17-10-15-24(33)23-18-25(35-19-21-11-6-4-7-12-21)26(20(2)27(23)37-29(30,31)32)28(34)36-22-13-8-5-9-14-22/h3-9,11-14,18,24H,1,10,15-17,19H2,2H3. The highest BCUT2D eigenvalue weighted by Gasteiger charge is 2.38. The van der Waals surface area contributed by atoms with Crippen LogP contribution in [0.5, 0.6) is 17.2 Å². The summed E-state index contributed by atoms with van der Waals surface area (Å²) in [6.07, 6.45) is -1.79. The number of ether oxygens (including phenoxy) is 3. The summed E-state index contributed by atoms with van der Waals surface area (Å²) in [6, 6.07) is 18.8. The molecule has 0 saturated carbocycles. The van der Waals surface area contributed by atoms with Crippen molar-refractivity contribution in [1.82, 2.24) is 4.90 Å². The highest BCUT2D eigenvalue weighted by Crippen LogP contribution is 2.45. The maximum atomic E-state index is 13.6. The van der Waals surface area contributed by atoms with Gasteiger partial charge in [0.15, 0.2) is 0 Å². The Morgan fingerprint density at radius 1 is 1.11 bits per heavy atom. The predicted octanol–water partition coefficient (Wildman–Crippen LogP) is 7.01. The van der Waals surface area contributed by atoms with Gasteiger partial charge in [0.05, 0.1) is 0 Å². The molecule has 0 radical (unpaired) electrons. The summed E-state index contributed by atoms with van der Waals surface area (Å²) in [7, 11) is 0. The molecule has 4 rings (SSSR count). The molecule has 1 unspecified atom stereocenters. The van der Waals surface area contributed by atoms with Gasteiger partial charge in [-0.2, -0.15) is 0 Å². The Morgan fingerprint density at radius 2 is 1.78 bits per heavy atom. The van der Waals surface area contributed by atoms with Gasteiger partial charge in [0.1, 0.15) is 29.4 Å². The first-order valence-corrected chi connectivity index (χ1v) is 12.0. The summed E-state index contributed by atoms with van der Waals surface area (Å²) in [5, 5.41) is 0. The molecular formula is C29H28F3NO4. The first-order chi connectivity index (χ1) is 17.8. The quantitative estimate of drug-likeness (QED) is 0.176. The van der Waals surface area contributed by atoms with Gasteiger partial charge in [0.2, 0.25) is 0 Å². The van der Waals surface area contributed by atoms with Crippen molar-refractivity contribution in [3.63, 3.8) is 0 Å². The second-order valence-electron chi connectivity index (χ2n) is 8.76. The fourth-order valence-corrected chi connectivity index (χ4v) is 4.60. The smallest absolute Gasteiger partial charge is 0.488 e. The number of halogens is 3. The SMILES string of the molecule is C=CCN1CCCC1c1cc(OCc2ccccc2)c(C(=O)Oc2ccccc2)c(C)c1OC(F)(F)F. The number of carbonyl (C=O) groups excluding carboxylic acids is 1. The summed E-state index contributed by atoms with van der Waals surface area (Å²) < 4.78 is 56.9. The van der Waals surface area contributed by atoms with Crippen LogP contribution in [0.25, 0.3) is 0 Å². The Hall–Kier alpha value is -3.78. The number of likely N-dealkylation sites (tertiary alicyclic amines) is 1. The number of nitrogens with zero attached hydrogens (tertiary/aromatic N) is 1. The summed E-state index contributed by atoms with van der Waals surface area (Å²) in [4.78, 5) is 15.4. The molecule has 0 aliphatic carbocycles. The third-order valence-corrected chi connectivity index (χ3v) is 6.21. The second-order valence-corrected chi connectivity index (χ2v) is 8.76. The highest BCUT2D eigenvalue weighted by atomic mass is 19.4. The Morgan fingerprint density at radius 3 is 2.43 bits per heavy atom. The number of alkyl halides is 3. The zero-order chi connectivity index (χ0) is 26.4. The van der Waals surface area contributed by atoms with Gasteiger partial charge in [0, 0.05) is 23.7 Å². The van der Waals surface area contributed by atoms with E-state index in [4.69, 9.17) is 9.47 Å². The minimum absolute atomic E-state index is 0.00395. The third kappa shape index (κ3) is 6.51. The summed E-state index contributed by atoms with van der Waals surface area (Å²) in [6.45, 7) is 6.53. The van der Waals surface area contributed by atoms with E-state index >= 15 is 0 Å². The lowest BCUT2D eigenvalue weighted by Crippen LogP contribution is -2.26. The van der Waals surface area contributed by atoms with Gasteiger partial charge >= 0.3 is 12.3 Å². The van der Waals surface area contributed by atoms with Crippen LogP contribution in [0.15, 0.2) is 79.4 Å². The van der Waals surface area contributed by atoms with Crippen molar-refractivity contribution in [3.05, 3.63) is 102 Å². The van der Waals surface area contributed by atoms with E-state index in [9.17, 15) is 18.0 Å². The largest absolute Gasteiger partial charge is 0.573 e. The number of hydrogen-bond acceptors (Lipinski definition) is 5. The van der Waals surface area contributed by atoms with Gasteiger partial charge in [-0.15, -0.1) is 19.8 Å². The van der Waals surface area contributed by atoms with E-state index in [1.165, 1.54) is 13.0 Å². The molecule has 3 aromatic rings. The van der Waals surface area contributed by atoms with E-state index in [0.29, 0.717) is 25.1 Å². The minimum Gasteiger partial charge on any atom is -0.488 e. The van der Waals surface area contributed by atoms with Crippen molar-refractivity contribution in [2.24, 2.45) is 0 Å². The second kappa shape index (κ2) is 11.5. The number of carbonyl (C=O) groups is 1. The molecule has 0 spiro atoms. The van der Waals surface area contributed by atoms with Gasteiger partial charge in [-0.25, -0.2) is 4.79 Å². The first-order valence-electron chi connectivity index (χ1n) is 12.0. The van der Waals surface area contributed by atoms with Crippen molar-refractivity contribution in [3.8, 4) is 17.2 Å². The van der Waals surface area contributed by atoms with Crippen LogP contribution in [0, 0.1) is 6.92 Å². The minimum atomic E-state index is -4.95. The summed E-state index contributed by atoms with van der Waals surface area (Å²) in [5.74, 6) is -0.839. The molecule has 1 aliphatic heterocycles. The van der Waals surface area contributed by atoms with Crippen molar-refractivity contribution < 1.29 is 32.2 Å². The lowest BCUT2D eigenvalue weighted by atomic mass is 9.95. The van der Waals surface area contributed by atoms with Gasteiger partial charge in [-0.3, -0.25) is 4.90 Å². The van der Waals surface area contributed by atoms with E-state index < -0.39 is 18.1 Å². The van der Waals surface area contributed by atoms with Crippen LogP contribution >= 0.6 is 0 Å². The maximum absolute atomic E-state index is 13.6. The molecule has 3 aromatic carbocycles. The molecular weight excluding hydrogens is 483 g/mol. The molecule has 0 bridgehead atoms. The van der Waals surface area contributed by atoms with E-state index in [2.05, 4.69) is 11.3 Å². The van der Waals surface area contributed by atoms with Gasteiger partial charge in [-0.05, 0) is 50.1 Å². The molecule has 1 fully saturated rings. The van der Waals surface area contributed by atoms with Gasteiger partial charge < -0.3 is 14.2 Å². The zero-order valence-corrected chi connectivity index (χ0v) is 20.5. The molecule has 0 N–H and O–H groups in total. The van der Waals surface area contributed by atoms with Crippen LogP contribution in [0.2, 0.25) is 0 Å². The number of para-hydroxylation sites is 1. The van der Waals surface area contributed by atoms with Crippen LogP contribution in [-0.4, -0.2) is 30.3 Å². The fourth-order valence-electron chi connectivity index (χ4n) is 4.60. The van der Waals surface area contributed by atoms with Crippen LogP contribution in [-0.2, 0) is 6.61 Å². The lowest BCUT2D eigenvalue weighted by Gasteiger charge is -2.28. The average Bonchev–Trinajstić information content (AvgIpc) is 3.33. The molecule has 0 amide bonds. The monoisotopic (exact) mass is 511 g/mol. The van der Waals surface area contributed by atoms with E-state index in [-0.39, 0.29) is 35.3 Å². The Balaban J connectivity index is 1.83. The number of esters is 1. The fraction of sp³-hybridized carbons (Fsp3) is 0.276. The molecule has 5 nitrogen and oxygen atoms in total. The average molecular weight is 512 g/mol. The molecule has 8 heteroatoms. The van der Waals surface area contributed by atoms with Crippen LogP contribution in [0.1, 0.15) is 45.9 Å². The molecule has 1 saturated heterocycles. The maximum Gasteiger partial charge on any atom is 0.573 e. The summed E-state index contributed by atoms with van der Waals surface area (Å²) in [5.41, 5.74) is 1.04. The van der Waals surface area contributed by atoms with Crippen molar-refractivity contribution in [1.29, 1.82) is 0 Å². The molecule has 194 valence electrons. The summed E-state index contributed by atoms with van der Waals surface area (Å²) >= 11 is 0. The van der Waals surface area contributed by atoms with Gasteiger partial charge in [0.25, 0.3) is 0 Å². The molecule has 0 aromatic heterocycles. The number of benzene rings is 3. The predicted molar refractivity (Wildman–Crippen MR) is 134 cm³/mol. The van der Waals surface area contributed by atoms with Crippen LogP contribution in [0.3, 0.4) is 0 Å². The third-order valence-electron chi connectivity index (χ3n) is 6.21. The highest BCUT2D eigenvalue weighted by molar-refractivity contribution is 5.96. The van der Waals surface area contributed by atoms with Crippen LogP contribution < -0.4 is 14.2 Å². The van der Waals surface area contributed by atoms with Crippen molar-refractivity contribution in [2.45, 2.75) is 38.8 Å². The van der Waals surface area contributed by atoms with E-state index in [1.54, 1.807) is 36.4 Å². The normalized spacial score (nSPS) is 15.8. The first kappa shape index (κ1) is 26.3. The van der Waals surface area contributed by atoms with Crippen LogP contribution in [0.4, 0.5) is 13.2 Å². The van der Waals surface area contributed by atoms with Gasteiger partial charge in [-0.1, -0.05) is 54.6 Å². The Kier molecular flexibility index (Phi) is 8.18. The molecule has 1 heterocycles. The molecule has 1 aliphatic rings. The molecule has 37 heavy (non-hydrogen) atoms. The topological polar surface area (TPSA) is 48.0 Å². The lowest BCUT2D eigenvalue weighted by molar-refractivity contribution is -0.275. The van der Waals surface area contributed by atoms with E-state index in [0.717, 1.165) is 12.0 Å². The number of rotatable bonds is 9. The number of hydrogen-bond donors (Lipinski definition) is 0. The Labute approximate surface area is 214 Å². The van der Waals surface area contributed by atoms with E-state index in [1.807, 2.05) is 35.2 Å². The van der Waals surface area contributed by atoms with Crippen molar-refractivity contribution >= 4 is 5.97 Å². The molecule has 1 atom stereocenters. The Bertz CT molecular complexity index is 1230. The van der Waals surface area contributed by atoms with Crippen molar-refractivity contribution in [2.75, 3.05) is 13.1 Å².